The third kappa shape index (κ3) is 4.50. The van der Waals surface area contributed by atoms with Crippen LogP contribution in [0.5, 0.6) is 0 Å². The second-order valence-electron chi connectivity index (χ2n) is 7.41. The quantitative estimate of drug-likeness (QED) is 0.579. The highest BCUT2D eigenvalue weighted by atomic mass is 32.2. The fourth-order valence-electron chi connectivity index (χ4n) is 3.56. The van der Waals surface area contributed by atoms with Gasteiger partial charge in [-0.25, -0.2) is 13.2 Å². The number of benzene rings is 3. The Hall–Kier alpha value is -3.65. The molecule has 4 rings (SSSR count). The van der Waals surface area contributed by atoms with Gasteiger partial charge in [-0.05, 0) is 61.4 Å². The first-order chi connectivity index (χ1) is 15.3. The first-order valence-corrected chi connectivity index (χ1v) is 11.6. The summed E-state index contributed by atoms with van der Waals surface area (Å²) >= 11 is 0. The maximum atomic E-state index is 12.8. The molecule has 1 aliphatic heterocycles. The van der Waals surface area contributed by atoms with Crippen LogP contribution in [0.4, 0.5) is 11.4 Å². The van der Waals surface area contributed by atoms with Crippen molar-refractivity contribution in [2.75, 3.05) is 16.2 Å². The molecule has 0 saturated heterocycles. The van der Waals surface area contributed by atoms with Gasteiger partial charge in [0, 0.05) is 17.9 Å². The normalized spacial score (nSPS) is 13.8. The van der Waals surface area contributed by atoms with Crippen LogP contribution >= 0.6 is 0 Å². The molecule has 1 atom stereocenters. The number of ether oxygens (including phenoxy) is 1. The molecule has 164 valence electrons. The lowest BCUT2D eigenvalue weighted by atomic mass is 10.2. The van der Waals surface area contributed by atoms with Gasteiger partial charge in [0.15, 0.2) is 6.10 Å². The highest BCUT2D eigenvalue weighted by Gasteiger charge is 2.30. The van der Waals surface area contributed by atoms with Crippen LogP contribution in [0, 0.1) is 0 Å². The number of carbonyl (C=O) groups is 2. The summed E-state index contributed by atoms with van der Waals surface area (Å²) in [6.45, 7) is 2.07. The molecule has 0 saturated carbocycles. The Morgan fingerprint density at radius 1 is 0.938 bits per heavy atom. The number of nitrogens with one attached hydrogen (secondary N) is 1. The van der Waals surface area contributed by atoms with E-state index in [9.17, 15) is 18.0 Å². The molecule has 8 heteroatoms. The molecule has 32 heavy (non-hydrogen) atoms. The van der Waals surface area contributed by atoms with Crippen molar-refractivity contribution in [3.05, 3.63) is 90.0 Å². The van der Waals surface area contributed by atoms with Crippen molar-refractivity contribution < 1.29 is 22.7 Å². The number of fused-ring (bicyclic) bond motifs is 1. The Kier molecular flexibility index (Phi) is 5.96. The summed E-state index contributed by atoms with van der Waals surface area (Å²) < 4.78 is 32.9. The Bertz CT molecular complexity index is 1240. The zero-order valence-electron chi connectivity index (χ0n) is 17.4. The molecule has 1 heterocycles. The van der Waals surface area contributed by atoms with Gasteiger partial charge >= 0.3 is 5.97 Å². The topological polar surface area (TPSA) is 92.8 Å². The van der Waals surface area contributed by atoms with Crippen molar-refractivity contribution in [1.29, 1.82) is 0 Å². The molecule has 3 aromatic carbocycles. The zero-order valence-corrected chi connectivity index (χ0v) is 18.2. The predicted molar refractivity (Wildman–Crippen MR) is 121 cm³/mol. The minimum atomic E-state index is -3.79. The Labute approximate surface area is 186 Å². The fraction of sp³-hybridized carbons (Fsp3) is 0.167. The maximum absolute atomic E-state index is 12.8. The summed E-state index contributed by atoms with van der Waals surface area (Å²) in [6.07, 6.45) is -0.216. The van der Waals surface area contributed by atoms with Crippen LogP contribution in [0.3, 0.4) is 0 Å². The molecule has 0 spiro atoms. The van der Waals surface area contributed by atoms with Gasteiger partial charge in [-0.3, -0.25) is 9.52 Å². The van der Waals surface area contributed by atoms with Gasteiger partial charge in [-0.2, -0.15) is 0 Å². The average molecular weight is 451 g/mol. The number of hydrogen-bond donors (Lipinski definition) is 1. The first kappa shape index (κ1) is 21.6. The zero-order chi connectivity index (χ0) is 22.7. The molecule has 0 radical (unpaired) electrons. The van der Waals surface area contributed by atoms with E-state index in [1.54, 1.807) is 35.2 Å². The molecule has 0 aliphatic carbocycles. The molecule has 1 aliphatic rings. The monoisotopic (exact) mass is 450 g/mol. The van der Waals surface area contributed by atoms with Gasteiger partial charge in [-0.1, -0.05) is 36.4 Å². The Morgan fingerprint density at radius 3 is 2.31 bits per heavy atom. The van der Waals surface area contributed by atoms with E-state index in [-0.39, 0.29) is 16.4 Å². The van der Waals surface area contributed by atoms with Crippen molar-refractivity contribution in [3.63, 3.8) is 0 Å². The third-order valence-electron chi connectivity index (χ3n) is 5.21. The number of rotatable bonds is 6. The number of hydrogen-bond acceptors (Lipinski definition) is 5. The number of esters is 1. The molecule has 1 N–H and O–H groups in total. The van der Waals surface area contributed by atoms with E-state index in [1.807, 2.05) is 24.3 Å². The summed E-state index contributed by atoms with van der Waals surface area (Å²) in [5.74, 6) is -0.993. The smallest absolute Gasteiger partial charge is 0.338 e. The van der Waals surface area contributed by atoms with Crippen molar-refractivity contribution >= 4 is 33.3 Å². The molecular weight excluding hydrogens is 428 g/mol. The molecule has 0 bridgehead atoms. The molecule has 0 aromatic heterocycles. The average Bonchev–Trinajstić information content (AvgIpc) is 3.23. The number of sulfonamides is 1. The molecule has 7 nitrogen and oxygen atoms in total. The van der Waals surface area contributed by atoms with E-state index in [1.165, 1.54) is 31.2 Å². The van der Waals surface area contributed by atoms with E-state index >= 15 is 0 Å². The van der Waals surface area contributed by atoms with E-state index < -0.39 is 22.1 Å². The summed E-state index contributed by atoms with van der Waals surface area (Å²) in [6, 6.07) is 21.5. The van der Waals surface area contributed by atoms with Crippen LogP contribution in [-0.4, -0.2) is 32.9 Å². The Morgan fingerprint density at radius 2 is 1.59 bits per heavy atom. The van der Waals surface area contributed by atoms with Crippen LogP contribution in [0.1, 0.15) is 22.8 Å². The number of nitrogens with zero attached hydrogens (tertiary/aromatic N) is 1. The lowest BCUT2D eigenvalue weighted by Crippen LogP contribution is -2.39. The van der Waals surface area contributed by atoms with Gasteiger partial charge in [-0.15, -0.1) is 0 Å². The summed E-state index contributed by atoms with van der Waals surface area (Å²) in [7, 11) is -3.79. The van der Waals surface area contributed by atoms with Crippen LogP contribution < -0.4 is 9.62 Å². The van der Waals surface area contributed by atoms with Gasteiger partial charge in [0.2, 0.25) is 0 Å². The SMILES string of the molecule is CC(OC(=O)c1ccc(S(=O)(=O)Nc2ccccc2)cc1)C(=O)N1CCc2ccccc21. The van der Waals surface area contributed by atoms with Crippen molar-refractivity contribution in [2.24, 2.45) is 0 Å². The van der Waals surface area contributed by atoms with E-state index in [0.29, 0.717) is 12.2 Å². The van der Waals surface area contributed by atoms with Crippen LogP contribution in [0.15, 0.2) is 83.8 Å². The first-order valence-electron chi connectivity index (χ1n) is 10.1. The fourth-order valence-corrected chi connectivity index (χ4v) is 4.61. The van der Waals surface area contributed by atoms with Crippen molar-refractivity contribution in [1.82, 2.24) is 0 Å². The minimum Gasteiger partial charge on any atom is -0.449 e. The van der Waals surface area contributed by atoms with Crippen molar-refractivity contribution in [3.8, 4) is 0 Å². The minimum absolute atomic E-state index is 0.00991. The van der Waals surface area contributed by atoms with Gasteiger partial charge < -0.3 is 9.64 Å². The van der Waals surface area contributed by atoms with Crippen molar-refractivity contribution in [2.45, 2.75) is 24.3 Å². The molecule has 0 fully saturated rings. The number of carbonyl (C=O) groups excluding carboxylic acids is 2. The van der Waals surface area contributed by atoms with E-state index in [0.717, 1.165) is 17.7 Å². The number of amides is 1. The number of anilines is 2. The third-order valence-corrected chi connectivity index (χ3v) is 6.61. The summed E-state index contributed by atoms with van der Waals surface area (Å²) in [5.41, 5.74) is 2.51. The lowest BCUT2D eigenvalue weighted by molar-refractivity contribution is -0.126. The highest BCUT2D eigenvalue weighted by molar-refractivity contribution is 7.92. The number of para-hydroxylation sites is 2. The molecule has 1 amide bonds. The van der Waals surface area contributed by atoms with E-state index in [2.05, 4.69) is 4.72 Å². The molecular formula is C24H22N2O5S. The Balaban J connectivity index is 1.41. The second-order valence-corrected chi connectivity index (χ2v) is 9.09. The largest absolute Gasteiger partial charge is 0.449 e. The van der Waals surface area contributed by atoms with Crippen LogP contribution in [0.25, 0.3) is 0 Å². The van der Waals surface area contributed by atoms with Gasteiger partial charge in [0.1, 0.15) is 0 Å². The highest BCUT2D eigenvalue weighted by Crippen LogP contribution is 2.28. The molecule has 1 unspecified atom stereocenters. The van der Waals surface area contributed by atoms with Crippen LogP contribution in [0.2, 0.25) is 0 Å². The van der Waals surface area contributed by atoms with E-state index in [4.69, 9.17) is 4.74 Å². The standard InChI is InChI=1S/C24H22N2O5S/c1-17(23(27)26-16-15-18-7-5-6-10-22(18)26)31-24(28)19-11-13-21(14-12-19)32(29,30)25-20-8-3-2-4-9-20/h2-14,17,25H,15-16H2,1H3. The summed E-state index contributed by atoms with van der Waals surface area (Å²) in [5, 5.41) is 0. The lowest BCUT2D eigenvalue weighted by Gasteiger charge is -2.21. The summed E-state index contributed by atoms with van der Waals surface area (Å²) in [4.78, 5) is 26.9. The predicted octanol–water partition coefficient (Wildman–Crippen LogP) is 3.62. The maximum Gasteiger partial charge on any atom is 0.338 e. The van der Waals surface area contributed by atoms with Gasteiger partial charge in [0.05, 0.1) is 10.5 Å². The second kappa shape index (κ2) is 8.84. The van der Waals surface area contributed by atoms with Crippen LogP contribution in [-0.2, 0) is 26.0 Å². The molecule has 3 aromatic rings. The van der Waals surface area contributed by atoms with Gasteiger partial charge in [0.25, 0.3) is 15.9 Å².